The zero-order valence-corrected chi connectivity index (χ0v) is 20.0. The topological polar surface area (TPSA) is 75.7 Å². The van der Waals surface area contributed by atoms with Crippen LogP contribution < -0.4 is 14.4 Å². The van der Waals surface area contributed by atoms with E-state index in [1.807, 2.05) is 43.3 Å². The van der Waals surface area contributed by atoms with E-state index in [-0.39, 0.29) is 4.90 Å². The first-order valence-corrected chi connectivity index (χ1v) is 12.5. The molecule has 0 bridgehead atoms. The third kappa shape index (κ3) is 5.32. The van der Waals surface area contributed by atoms with E-state index in [4.69, 9.17) is 16.3 Å². The van der Waals surface area contributed by atoms with E-state index < -0.39 is 22.5 Å². The highest BCUT2D eigenvalue weighted by Crippen LogP contribution is 2.27. The lowest BCUT2D eigenvalue weighted by Crippen LogP contribution is -2.38. The fourth-order valence-electron chi connectivity index (χ4n) is 3.52. The van der Waals surface area contributed by atoms with Crippen LogP contribution >= 0.6 is 11.6 Å². The summed E-state index contributed by atoms with van der Waals surface area (Å²) in [6.45, 7) is 1.94. The number of hydrogen-bond donors (Lipinski definition) is 1. The molecule has 0 atom stereocenters. The molecule has 8 heteroatoms. The zero-order chi connectivity index (χ0) is 24.1. The van der Waals surface area contributed by atoms with Gasteiger partial charge in [0.1, 0.15) is 12.3 Å². The van der Waals surface area contributed by atoms with Crippen LogP contribution in [-0.2, 0) is 14.8 Å². The van der Waals surface area contributed by atoms with Crippen molar-refractivity contribution in [1.29, 1.82) is 0 Å². The number of ether oxygens (including phenoxy) is 1. The minimum atomic E-state index is -4.04. The van der Waals surface area contributed by atoms with Gasteiger partial charge in [0.25, 0.3) is 10.0 Å². The summed E-state index contributed by atoms with van der Waals surface area (Å²) in [6.07, 6.45) is 0. The van der Waals surface area contributed by atoms with Gasteiger partial charge in [-0.3, -0.25) is 9.10 Å². The Morgan fingerprint density at radius 1 is 0.912 bits per heavy atom. The molecule has 4 rings (SSSR count). The van der Waals surface area contributed by atoms with Gasteiger partial charge in [-0.05, 0) is 78.4 Å². The second-order valence-electron chi connectivity index (χ2n) is 7.50. The molecule has 0 aromatic heterocycles. The zero-order valence-electron chi connectivity index (χ0n) is 18.4. The summed E-state index contributed by atoms with van der Waals surface area (Å²) in [4.78, 5) is 13.0. The SMILES string of the molecule is CCOc1ccc(N(CC(=O)Nc2ccc3ccccc3c2)S(=O)(=O)c2ccc(Cl)cc2)cc1. The van der Waals surface area contributed by atoms with Crippen molar-refractivity contribution >= 4 is 49.7 Å². The molecule has 0 heterocycles. The van der Waals surface area contributed by atoms with Gasteiger partial charge in [0, 0.05) is 10.7 Å². The summed E-state index contributed by atoms with van der Waals surface area (Å²) < 4.78 is 33.5. The van der Waals surface area contributed by atoms with Gasteiger partial charge in [-0.1, -0.05) is 41.9 Å². The van der Waals surface area contributed by atoms with Crippen molar-refractivity contribution in [1.82, 2.24) is 0 Å². The Morgan fingerprint density at radius 3 is 2.26 bits per heavy atom. The Labute approximate surface area is 203 Å². The molecule has 0 saturated heterocycles. The number of rotatable bonds is 8. The predicted molar refractivity (Wildman–Crippen MR) is 136 cm³/mol. The smallest absolute Gasteiger partial charge is 0.264 e. The fraction of sp³-hybridized carbons (Fsp3) is 0.115. The fourth-order valence-corrected chi connectivity index (χ4v) is 5.07. The standard InChI is InChI=1S/C26H23ClN2O4S/c1-2-33-24-13-11-23(12-14-24)29(34(31,32)25-15-8-21(27)9-16-25)18-26(30)28-22-10-7-19-5-3-4-6-20(19)17-22/h3-17H,2,18H2,1H3,(H,28,30). The Balaban J connectivity index is 1.63. The van der Waals surface area contributed by atoms with Crippen LogP contribution in [0.5, 0.6) is 5.75 Å². The highest BCUT2D eigenvalue weighted by molar-refractivity contribution is 7.92. The Hall–Kier alpha value is -3.55. The Kier molecular flexibility index (Phi) is 7.05. The maximum Gasteiger partial charge on any atom is 0.264 e. The van der Waals surface area contributed by atoms with Crippen LogP contribution in [0.2, 0.25) is 5.02 Å². The molecular weight excluding hydrogens is 472 g/mol. The molecule has 0 aliphatic rings. The molecule has 0 spiro atoms. The summed E-state index contributed by atoms with van der Waals surface area (Å²) in [5.41, 5.74) is 0.922. The summed E-state index contributed by atoms with van der Waals surface area (Å²) in [5, 5.41) is 5.24. The molecule has 0 unspecified atom stereocenters. The lowest BCUT2D eigenvalue weighted by Gasteiger charge is -2.24. The molecule has 0 radical (unpaired) electrons. The first kappa shape index (κ1) is 23.6. The molecule has 4 aromatic carbocycles. The average Bonchev–Trinajstić information content (AvgIpc) is 2.83. The molecule has 174 valence electrons. The van der Waals surface area contributed by atoms with E-state index in [0.717, 1.165) is 15.1 Å². The van der Waals surface area contributed by atoms with Crippen LogP contribution in [0.4, 0.5) is 11.4 Å². The van der Waals surface area contributed by atoms with Crippen LogP contribution in [0.15, 0.2) is 95.9 Å². The minimum absolute atomic E-state index is 0.0317. The number of carbonyl (C=O) groups is 1. The summed E-state index contributed by atoms with van der Waals surface area (Å²) in [7, 11) is -4.04. The summed E-state index contributed by atoms with van der Waals surface area (Å²) in [5.74, 6) is 0.136. The molecule has 6 nitrogen and oxygen atoms in total. The molecule has 0 aliphatic carbocycles. The van der Waals surface area contributed by atoms with E-state index in [0.29, 0.717) is 28.8 Å². The van der Waals surface area contributed by atoms with Crippen LogP contribution in [0.3, 0.4) is 0 Å². The number of nitrogens with zero attached hydrogens (tertiary/aromatic N) is 1. The average molecular weight is 495 g/mol. The third-order valence-corrected chi connectivity index (χ3v) is 7.20. The number of hydrogen-bond acceptors (Lipinski definition) is 4. The van der Waals surface area contributed by atoms with Gasteiger partial charge in [-0.2, -0.15) is 0 Å². The highest BCUT2D eigenvalue weighted by atomic mass is 35.5. The molecule has 0 aliphatic heterocycles. The van der Waals surface area contributed by atoms with Gasteiger partial charge in [-0.25, -0.2) is 8.42 Å². The monoisotopic (exact) mass is 494 g/mol. The molecule has 0 saturated carbocycles. The Morgan fingerprint density at radius 2 is 1.59 bits per heavy atom. The highest BCUT2D eigenvalue weighted by Gasteiger charge is 2.27. The number of anilines is 2. The lowest BCUT2D eigenvalue weighted by atomic mass is 10.1. The number of benzene rings is 4. The van der Waals surface area contributed by atoms with E-state index in [2.05, 4.69) is 5.32 Å². The lowest BCUT2D eigenvalue weighted by molar-refractivity contribution is -0.114. The van der Waals surface area contributed by atoms with Crippen molar-refractivity contribution in [3.8, 4) is 5.75 Å². The maximum atomic E-state index is 13.5. The maximum absolute atomic E-state index is 13.5. The largest absolute Gasteiger partial charge is 0.494 e. The quantitative estimate of drug-likeness (QED) is 0.339. The van der Waals surface area contributed by atoms with Crippen LogP contribution in [0.25, 0.3) is 10.8 Å². The second kappa shape index (κ2) is 10.2. The molecule has 34 heavy (non-hydrogen) atoms. The number of amides is 1. The van der Waals surface area contributed by atoms with Crippen LogP contribution in [0.1, 0.15) is 6.92 Å². The summed E-state index contributed by atoms with van der Waals surface area (Å²) in [6, 6.07) is 25.7. The number of halogens is 1. The van der Waals surface area contributed by atoms with E-state index >= 15 is 0 Å². The molecular formula is C26H23ClN2O4S. The number of sulfonamides is 1. The van der Waals surface area contributed by atoms with Crippen molar-refractivity contribution < 1.29 is 17.9 Å². The first-order chi connectivity index (χ1) is 16.4. The molecule has 0 fully saturated rings. The van der Waals surface area contributed by atoms with Gasteiger partial charge >= 0.3 is 0 Å². The van der Waals surface area contributed by atoms with Gasteiger partial charge in [0.2, 0.25) is 5.91 Å². The van der Waals surface area contributed by atoms with Crippen molar-refractivity contribution in [3.63, 3.8) is 0 Å². The van der Waals surface area contributed by atoms with Crippen molar-refractivity contribution in [2.75, 3.05) is 22.8 Å². The predicted octanol–water partition coefficient (Wildman–Crippen LogP) is 5.73. The molecule has 4 aromatic rings. The molecule has 1 N–H and O–H groups in total. The second-order valence-corrected chi connectivity index (χ2v) is 9.80. The molecule has 1 amide bonds. The van der Waals surface area contributed by atoms with Gasteiger partial charge < -0.3 is 10.1 Å². The van der Waals surface area contributed by atoms with E-state index in [1.54, 1.807) is 30.3 Å². The normalized spacial score (nSPS) is 11.2. The van der Waals surface area contributed by atoms with Crippen LogP contribution in [-0.4, -0.2) is 27.5 Å². The number of carbonyl (C=O) groups excluding carboxylic acids is 1. The van der Waals surface area contributed by atoms with Crippen molar-refractivity contribution in [2.45, 2.75) is 11.8 Å². The number of nitrogens with one attached hydrogen (secondary N) is 1. The third-order valence-electron chi connectivity index (χ3n) is 5.16. The Bertz CT molecular complexity index is 1410. The van der Waals surface area contributed by atoms with Crippen molar-refractivity contribution in [2.24, 2.45) is 0 Å². The van der Waals surface area contributed by atoms with Gasteiger partial charge in [0.15, 0.2) is 0 Å². The van der Waals surface area contributed by atoms with E-state index in [9.17, 15) is 13.2 Å². The van der Waals surface area contributed by atoms with Gasteiger partial charge in [0.05, 0.1) is 17.2 Å². The summed E-state index contributed by atoms with van der Waals surface area (Å²) >= 11 is 5.94. The van der Waals surface area contributed by atoms with E-state index in [1.165, 1.54) is 24.3 Å². The minimum Gasteiger partial charge on any atom is -0.494 e. The first-order valence-electron chi connectivity index (χ1n) is 10.7. The van der Waals surface area contributed by atoms with Crippen LogP contribution in [0, 0.1) is 0 Å². The number of fused-ring (bicyclic) bond motifs is 1. The van der Waals surface area contributed by atoms with Crippen molar-refractivity contribution in [3.05, 3.63) is 96.0 Å². The van der Waals surface area contributed by atoms with Gasteiger partial charge in [-0.15, -0.1) is 0 Å².